The zero-order chi connectivity index (χ0) is 26.5. The maximum atomic E-state index is 13.6. The molecule has 190 valence electrons. The third-order valence-electron chi connectivity index (χ3n) is 5.01. The van der Waals surface area contributed by atoms with Gasteiger partial charge in [0.05, 0.1) is 42.5 Å². The van der Waals surface area contributed by atoms with Crippen LogP contribution in [-0.2, 0) is 14.8 Å². The van der Waals surface area contributed by atoms with Gasteiger partial charge in [-0.2, -0.15) is 0 Å². The van der Waals surface area contributed by atoms with Crippen LogP contribution in [0.4, 0.5) is 17.1 Å². The first kappa shape index (κ1) is 26.6. The Morgan fingerprint density at radius 1 is 0.944 bits per heavy atom. The highest BCUT2D eigenvalue weighted by Crippen LogP contribution is 2.33. The van der Waals surface area contributed by atoms with Crippen molar-refractivity contribution in [3.63, 3.8) is 0 Å². The van der Waals surface area contributed by atoms with Crippen molar-refractivity contribution in [3.8, 4) is 17.2 Å². The van der Waals surface area contributed by atoms with E-state index in [2.05, 4.69) is 5.32 Å². The SMILES string of the molecule is COc1ccc([N+](=O)[O-])cc1NC(=O)CN(c1ccc(Cl)cc1)S(=O)(=O)c1ccc(OC)c(OC)c1. The lowest BCUT2D eigenvalue weighted by molar-refractivity contribution is -0.384. The minimum absolute atomic E-state index is 0.0104. The number of hydrogen-bond acceptors (Lipinski definition) is 8. The number of nitro benzene ring substituents is 1. The van der Waals surface area contributed by atoms with Gasteiger partial charge in [0.2, 0.25) is 5.91 Å². The van der Waals surface area contributed by atoms with Crippen LogP contribution in [0.1, 0.15) is 0 Å². The molecule has 0 atom stereocenters. The van der Waals surface area contributed by atoms with Gasteiger partial charge in [-0.3, -0.25) is 19.2 Å². The van der Waals surface area contributed by atoms with Gasteiger partial charge in [-0.05, 0) is 42.5 Å². The Balaban J connectivity index is 2.01. The topological polar surface area (TPSA) is 137 Å². The van der Waals surface area contributed by atoms with Crippen LogP contribution in [0.2, 0.25) is 5.02 Å². The summed E-state index contributed by atoms with van der Waals surface area (Å²) in [4.78, 5) is 23.4. The maximum absolute atomic E-state index is 13.6. The Labute approximate surface area is 212 Å². The predicted octanol–water partition coefficient (Wildman–Crippen LogP) is 4.11. The third-order valence-corrected chi connectivity index (χ3v) is 7.03. The Kier molecular flexibility index (Phi) is 8.22. The van der Waals surface area contributed by atoms with E-state index < -0.39 is 27.4 Å². The number of hydrogen-bond donors (Lipinski definition) is 1. The number of amides is 1. The van der Waals surface area contributed by atoms with Crippen molar-refractivity contribution in [2.75, 3.05) is 37.5 Å². The van der Waals surface area contributed by atoms with Crippen molar-refractivity contribution in [2.24, 2.45) is 0 Å². The highest BCUT2D eigenvalue weighted by Gasteiger charge is 2.29. The fourth-order valence-electron chi connectivity index (χ4n) is 3.25. The number of carbonyl (C=O) groups is 1. The van der Waals surface area contributed by atoms with Crippen molar-refractivity contribution in [1.82, 2.24) is 0 Å². The summed E-state index contributed by atoms with van der Waals surface area (Å²) < 4.78 is 43.7. The second-order valence-electron chi connectivity index (χ2n) is 7.19. The van der Waals surface area contributed by atoms with E-state index in [1.54, 1.807) is 0 Å². The van der Waals surface area contributed by atoms with Crippen molar-refractivity contribution in [3.05, 3.63) is 75.8 Å². The molecule has 0 unspecified atom stereocenters. The number of rotatable bonds is 10. The largest absolute Gasteiger partial charge is 0.495 e. The zero-order valence-electron chi connectivity index (χ0n) is 19.4. The summed E-state index contributed by atoms with van der Waals surface area (Å²) in [6.07, 6.45) is 0. The zero-order valence-corrected chi connectivity index (χ0v) is 21.0. The van der Waals surface area contributed by atoms with Crippen molar-refractivity contribution in [1.29, 1.82) is 0 Å². The molecule has 0 saturated heterocycles. The summed E-state index contributed by atoms with van der Waals surface area (Å²) in [5.41, 5.74) is -0.106. The van der Waals surface area contributed by atoms with Crippen molar-refractivity contribution < 1.29 is 32.3 Å². The van der Waals surface area contributed by atoms with E-state index in [4.69, 9.17) is 25.8 Å². The van der Waals surface area contributed by atoms with Gasteiger partial charge in [-0.25, -0.2) is 8.42 Å². The van der Waals surface area contributed by atoms with E-state index in [9.17, 15) is 23.3 Å². The number of carbonyl (C=O) groups excluding carboxylic acids is 1. The number of halogens is 1. The fourth-order valence-corrected chi connectivity index (χ4v) is 4.82. The average molecular weight is 536 g/mol. The Hall–Kier alpha value is -4.03. The lowest BCUT2D eigenvalue weighted by atomic mass is 10.2. The Morgan fingerprint density at radius 3 is 2.14 bits per heavy atom. The van der Waals surface area contributed by atoms with E-state index in [0.29, 0.717) is 10.8 Å². The smallest absolute Gasteiger partial charge is 0.271 e. The number of nitrogens with zero attached hydrogens (tertiary/aromatic N) is 2. The van der Waals surface area contributed by atoms with Gasteiger partial charge < -0.3 is 19.5 Å². The third kappa shape index (κ3) is 5.78. The predicted molar refractivity (Wildman–Crippen MR) is 134 cm³/mol. The first-order chi connectivity index (χ1) is 17.1. The number of anilines is 2. The van der Waals surface area contributed by atoms with Crippen LogP contribution in [0.15, 0.2) is 65.6 Å². The quantitative estimate of drug-likeness (QED) is 0.302. The molecule has 1 amide bonds. The van der Waals surface area contributed by atoms with Gasteiger partial charge >= 0.3 is 0 Å². The number of non-ortho nitro benzene ring substituents is 1. The van der Waals surface area contributed by atoms with Gasteiger partial charge in [0.25, 0.3) is 15.7 Å². The molecule has 0 aromatic heterocycles. The monoisotopic (exact) mass is 535 g/mol. The maximum Gasteiger partial charge on any atom is 0.271 e. The lowest BCUT2D eigenvalue weighted by Crippen LogP contribution is -2.38. The number of nitrogens with one attached hydrogen (secondary N) is 1. The normalized spacial score (nSPS) is 10.9. The first-order valence-corrected chi connectivity index (χ1v) is 12.0. The molecule has 0 spiro atoms. The van der Waals surface area contributed by atoms with Gasteiger partial charge in [0, 0.05) is 23.2 Å². The number of ether oxygens (including phenoxy) is 3. The number of sulfonamides is 1. The van der Waals surface area contributed by atoms with Crippen molar-refractivity contribution >= 4 is 44.6 Å². The number of methoxy groups -OCH3 is 3. The van der Waals surface area contributed by atoms with Crippen LogP contribution >= 0.6 is 11.6 Å². The summed E-state index contributed by atoms with van der Waals surface area (Å²) in [6, 6.07) is 13.5. The molecule has 3 aromatic carbocycles. The molecule has 0 saturated carbocycles. The summed E-state index contributed by atoms with van der Waals surface area (Å²) in [5, 5.41) is 14.0. The standard InChI is InChI=1S/C23H22ClN3O8S/c1-33-20-10-8-17(27(29)30)12-19(20)25-23(28)14-26(16-6-4-15(24)5-7-16)36(31,32)18-9-11-21(34-2)22(13-18)35-3/h4-13H,14H2,1-3H3,(H,25,28). The molecule has 13 heteroatoms. The molecule has 0 fully saturated rings. The second kappa shape index (κ2) is 11.1. The minimum Gasteiger partial charge on any atom is -0.495 e. The molecular formula is C23H22ClN3O8S. The molecule has 36 heavy (non-hydrogen) atoms. The second-order valence-corrected chi connectivity index (χ2v) is 9.49. The molecule has 11 nitrogen and oxygen atoms in total. The van der Waals surface area contributed by atoms with E-state index in [1.165, 1.54) is 75.9 Å². The average Bonchev–Trinajstić information content (AvgIpc) is 2.87. The first-order valence-electron chi connectivity index (χ1n) is 10.2. The molecule has 0 aliphatic carbocycles. The van der Waals surface area contributed by atoms with Crippen LogP contribution in [0.25, 0.3) is 0 Å². The molecule has 0 aliphatic rings. The van der Waals surface area contributed by atoms with E-state index in [0.717, 1.165) is 10.4 Å². The van der Waals surface area contributed by atoms with Crippen LogP contribution in [-0.4, -0.2) is 47.1 Å². The van der Waals surface area contributed by atoms with Crippen molar-refractivity contribution in [2.45, 2.75) is 4.90 Å². The van der Waals surface area contributed by atoms with Gasteiger partial charge in [-0.1, -0.05) is 11.6 Å². The molecule has 0 aliphatic heterocycles. The highest BCUT2D eigenvalue weighted by atomic mass is 35.5. The van der Waals surface area contributed by atoms with Crippen LogP contribution in [0, 0.1) is 10.1 Å². The minimum atomic E-state index is -4.29. The molecular weight excluding hydrogens is 514 g/mol. The Morgan fingerprint density at radius 2 is 1.56 bits per heavy atom. The van der Waals surface area contributed by atoms with Crippen LogP contribution < -0.4 is 23.8 Å². The summed E-state index contributed by atoms with van der Waals surface area (Å²) >= 11 is 5.96. The number of benzene rings is 3. The van der Waals surface area contributed by atoms with Gasteiger partial charge in [0.15, 0.2) is 11.5 Å². The van der Waals surface area contributed by atoms with Crippen LogP contribution in [0.3, 0.4) is 0 Å². The van der Waals surface area contributed by atoms with E-state index in [1.807, 2.05) is 0 Å². The number of nitro groups is 1. The van der Waals surface area contributed by atoms with E-state index >= 15 is 0 Å². The Bertz CT molecular complexity index is 1380. The molecule has 1 N–H and O–H groups in total. The van der Waals surface area contributed by atoms with Gasteiger partial charge in [-0.15, -0.1) is 0 Å². The van der Waals surface area contributed by atoms with E-state index in [-0.39, 0.29) is 33.5 Å². The fraction of sp³-hybridized carbons (Fsp3) is 0.174. The molecule has 0 radical (unpaired) electrons. The molecule has 0 bridgehead atoms. The van der Waals surface area contributed by atoms with Gasteiger partial charge in [0.1, 0.15) is 12.3 Å². The van der Waals surface area contributed by atoms with Crippen LogP contribution in [0.5, 0.6) is 17.2 Å². The molecule has 3 aromatic rings. The summed E-state index contributed by atoms with van der Waals surface area (Å²) in [5.74, 6) is -0.104. The lowest BCUT2D eigenvalue weighted by Gasteiger charge is -2.24. The summed E-state index contributed by atoms with van der Waals surface area (Å²) in [7, 11) is -0.182. The highest BCUT2D eigenvalue weighted by molar-refractivity contribution is 7.92. The molecule has 3 rings (SSSR count). The summed E-state index contributed by atoms with van der Waals surface area (Å²) in [6.45, 7) is -0.663. The molecule has 0 heterocycles.